The fourth-order valence-corrected chi connectivity index (χ4v) is 12.7. The van der Waals surface area contributed by atoms with Gasteiger partial charge in [-0.25, -0.2) is 29.9 Å². The van der Waals surface area contributed by atoms with Crippen molar-refractivity contribution in [2.75, 3.05) is 76.1 Å². The maximum absolute atomic E-state index is 12.9. The molecule has 6 aromatic heterocycles. The predicted octanol–water partition coefficient (Wildman–Crippen LogP) is 10.5. The van der Waals surface area contributed by atoms with Gasteiger partial charge >= 0.3 is 12.4 Å². The Morgan fingerprint density at radius 3 is 1.23 bits per heavy atom. The number of thiophene rings is 2. The van der Waals surface area contributed by atoms with E-state index in [1.165, 1.54) is 24.8 Å². The normalized spacial score (nSPS) is 18.8. The molecule has 2 aromatic carbocycles. The maximum atomic E-state index is 12.9. The lowest BCUT2D eigenvalue weighted by atomic mass is 10.0. The van der Waals surface area contributed by atoms with Crippen LogP contribution in [0.1, 0.15) is 46.6 Å². The zero-order valence-corrected chi connectivity index (χ0v) is 49.5. The van der Waals surface area contributed by atoms with Crippen molar-refractivity contribution in [3.05, 3.63) is 119 Å². The molecule has 83 heavy (non-hydrogen) atoms. The van der Waals surface area contributed by atoms with Crippen molar-refractivity contribution < 1.29 is 46.0 Å². The Kier molecular flexibility index (Phi) is 19.9. The number of halogens is 7. The van der Waals surface area contributed by atoms with Crippen molar-refractivity contribution in [2.45, 2.75) is 100 Å². The molecule has 4 N–H and O–H groups in total. The second-order valence-electron chi connectivity index (χ2n) is 21.1. The maximum Gasteiger partial charge on any atom is 0.393 e. The molecule has 10 rings (SSSR count). The Balaban J connectivity index is 0.000000214. The fraction of sp³-hybridized carbons (Fsp3) is 0.414. The molecule has 6 atom stereocenters. The van der Waals surface area contributed by atoms with Gasteiger partial charge in [-0.1, -0.05) is 48.5 Å². The van der Waals surface area contributed by atoms with Gasteiger partial charge in [-0.2, -0.15) is 26.3 Å². The smallest absolute Gasteiger partial charge is 0.393 e. The number of fused-ring (bicyclic) bond motifs is 2. The van der Waals surface area contributed by atoms with Crippen LogP contribution in [0.15, 0.2) is 97.8 Å². The minimum absolute atomic E-state index is 0. The number of pyridine rings is 2. The largest absolute Gasteiger partial charge is 0.493 e. The third kappa shape index (κ3) is 15.2. The van der Waals surface area contributed by atoms with Crippen LogP contribution in [-0.2, 0) is 25.9 Å². The third-order valence-corrected chi connectivity index (χ3v) is 16.9. The number of anilines is 4. The van der Waals surface area contributed by atoms with Gasteiger partial charge in [0.05, 0.1) is 62.1 Å². The van der Waals surface area contributed by atoms with Crippen molar-refractivity contribution in [2.24, 2.45) is 0 Å². The van der Waals surface area contributed by atoms with Crippen LogP contribution >= 0.6 is 35.1 Å². The molecule has 2 fully saturated rings. The van der Waals surface area contributed by atoms with E-state index in [0.717, 1.165) is 67.7 Å². The lowest BCUT2D eigenvalue weighted by Gasteiger charge is -2.28. The van der Waals surface area contributed by atoms with E-state index in [9.17, 15) is 36.6 Å². The summed E-state index contributed by atoms with van der Waals surface area (Å²) in [6.07, 6.45) is -2.91. The SMILES string of the molecule is COc1cc(-c2ccc(CN[C@H]3C[C@@H](O)[C@@H](N(C)c4ncnc5sc(CC(F)(F)F)cc45)C3)cc2)cnc1N(C)C.COc1cc(-c2ccc(CN[C@H]3C[C@@H](O)[C@@H](N(C)c4ncnc5sc(CC(F)(F)F)cc45)C3)cc2)cnc1N(C)C.Cl. The van der Waals surface area contributed by atoms with Crippen molar-refractivity contribution in [1.29, 1.82) is 0 Å². The molecule has 2 aliphatic carbocycles. The highest BCUT2D eigenvalue weighted by molar-refractivity contribution is 7.19. The summed E-state index contributed by atoms with van der Waals surface area (Å²) in [5, 5.41) is 30.0. The lowest BCUT2D eigenvalue weighted by Crippen LogP contribution is -2.38. The molecule has 25 heteroatoms. The molecule has 0 aliphatic heterocycles. The van der Waals surface area contributed by atoms with Gasteiger partial charge in [0.2, 0.25) is 0 Å². The van der Waals surface area contributed by atoms with Crippen molar-refractivity contribution >= 4 is 78.8 Å². The van der Waals surface area contributed by atoms with E-state index in [4.69, 9.17) is 9.47 Å². The second kappa shape index (κ2) is 26.5. The van der Waals surface area contributed by atoms with Crippen LogP contribution in [0.3, 0.4) is 0 Å². The summed E-state index contributed by atoms with van der Waals surface area (Å²) in [7, 11) is 14.6. The molecule has 0 radical (unpaired) electrons. The van der Waals surface area contributed by atoms with Crippen molar-refractivity contribution in [3.63, 3.8) is 0 Å². The van der Waals surface area contributed by atoms with E-state index < -0.39 is 37.4 Å². The molecule has 8 aromatic rings. The molecular weight excluding hydrogens is 1140 g/mol. The van der Waals surface area contributed by atoms with Gasteiger partial charge in [-0.05, 0) is 72.2 Å². The van der Waals surface area contributed by atoms with Gasteiger partial charge in [0.1, 0.15) is 34.0 Å². The monoisotopic (exact) mass is 1210 g/mol. The van der Waals surface area contributed by atoms with Crippen LogP contribution in [0.4, 0.5) is 49.6 Å². The summed E-state index contributed by atoms with van der Waals surface area (Å²) in [6.45, 7) is 1.27. The summed E-state index contributed by atoms with van der Waals surface area (Å²) in [6, 6.07) is 23.1. The predicted molar refractivity (Wildman–Crippen MR) is 319 cm³/mol. The Morgan fingerprint density at radius 1 is 0.518 bits per heavy atom. The van der Waals surface area contributed by atoms with Gasteiger partial charge < -0.3 is 49.9 Å². The first-order chi connectivity index (χ1) is 39.0. The lowest BCUT2D eigenvalue weighted by molar-refractivity contribution is -0.127. The summed E-state index contributed by atoms with van der Waals surface area (Å²) in [5.41, 5.74) is 6.21. The number of rotatable bonds is 18. The highest BCUT2D eigenvalue weighted by atomic mass is 35.5. The van der Waals surface area contributed by atoms with Crippen LogP contribution in [0.25, 0.3) is 42.7 Å². The van der Waals surface area contributed by atoms with Gasteiger partial charge in [-0.15, -0.1) is 35.1 Å². The Morgan fingerprint density at radius 2 is 0.892 bits per heavy atom. The van der Waals surface area contributed by atoms with Gasteiger partial charge in [0, 0.05) is 101 Å². The number of aliphatic hydroxyl groups excluding tert-OH is 2. The average Bonchev–Trinajstić information content (AvgIpc) is 3.74. The van der Waals surface area contributed by atoms with E-state index in [0.29, 0.717) is 82.3 Å². The van der Waals surface area contributed by atoms with E-state index in [-0.39, 0.29) is 46.3 Å². The number of aromatic nitrogens is 6. The molecule has 0 amide bonds. The minimum Gasteiger partial charge on any atom is -0.493 e. The molecule has 444 valence electrons. The average molecular weight is 1210 g/mol. The van der Waals surface area contributed by atoms with Crippen LogP contribution < -0.4 is 39.7 Å². The molecular formula is C58H67ClF6N12O4S2. The number of methoxy groups -OCH3 is 2. The summed E-state index contributed by atoms with van der Waals surface area (Å²) >= 11 is 2.05. The second-order valence-corrected chi connectivity index (χ2v) is 23.3. The zero-order chi connectivity index (χ0) is 58.6. The molecule has 2 aliphatic rings. The van der Waals surface area contributed by atoms with Crippen molar-refractivity contribution in [3.8, 4) is 33.8 Å². The van der Waals surface area contributed by atoms with Crippen LogP contribution in [0.5, 0.6) is 11.5 Å². The Labute approximate surface area is 492 Å². The minimum atomic E-state index is -4.29. The Bertz CT molecular complexity index is 3220. The number of likely N-dealkylation sites (N-methyl/N-ethyl adjacent to an activating group) is 2. The first-order valence-corrected chi connectivity index (χ1v) is 28.2. The molecule has 0 spiro atoms. The van der Waals surface area contributed by atoms with Gasteiger partial charge in [0.15, 0.2) is 23.1 Å². The third-order valence-electron chi connectivity index (χ3n) is 14.8. The number of hydrogen-bond acceptors (Lipinski definition) is 18. The summed E-state index contributed by atoms with van der Waals surface area (Å²) < 4.78 is 88.6. The number of benzene rings is 2. The first kappa shape index (κ1) is 62.4. The molecule has 0 bridgehead atoms. The number of hydrogen-bond donors (Lipinski definition) is 4. The summed E-state index contributed by atoms with van der Waals surface area (Å²) in [5.74, 6) is 4.02. The van der Waals surface area contributed by atoms with Crippen LogP contribution in [0.2, 0.25) is 0 Å². The molecule has 2 saturated carbocycles. The highest BCUT2D eigenvalue weighted by Gasteiger charge is 2.39. The van der Waals surface area contributed by atoms with Gasteiger partial charge in [-0.3, -0.25) is 0 Å². The number of aliphatic hydroxyl groups is 2. The summed E-state index contributed by atoms with van der Waals surface area (Å²) in [4.78, 5) is 35.1. The standard InChI is InChI=1S/2C29H33F3N6O2S.ClH/c2*1-37(2)27-25(40-4)9-19(15-34-27)18-7-5-17(6-8-18)14-33-20-10-23(24(39)11-20)38(3)26-22-12-21(13-29(30,31)32)41-28(22)36-16-35-26;/h2*5-9,12,15-16,20,23-24,33,39H,10-11,13-14H2,1-4H3;1H/t2*20-,23+,24-;/m11./s1. The number of nitrogens with zero attached hydrogens (tertiary/aromatic N) is 10. The quantitative estimate of drug-likeness (QED) is 0.0597. The molecule has 0 saturated heterocycles. The van der Waals surface area contributed by atoms with Crippen molar-refractivity contribution in [1.82, 2.24) is 40.5 Å². The fourth-order valence-electron chi connectivity index (χ4n) is 10.7. The highest BCUT2D eigenvalue weighted by Crippen LogP contribution is 2.39. The van der Waals surface area contributed by atoms with E-state index in [1.807, 2.05) is 86.4 Å². The topological polar surface area (TPSA) is 173 Å². The van der Waals surface area contributed by atoms with E-state index in [1.54, 1.807) is 14.2 Å². The zero-order valence-electron chi connectivity index (χ0n) is 47.0. The van der Waals surface area contributed by atoms with Gasteiger partial charge in [0.25, 0.3) is 0 Å². The number of nitrogens with one attached hydrogen (secondary N) is 2. The molecule has 6 heterocycles. The van der Waals surface area contributed by atoms with E-state index >= 15 is 0 Å². The number of alkyl halides is 6. The Hall–Kier alpha value is -6.67. The number of ether oxygens (including phenoxy) is 2. The van der Waals surface area contributed by atoms with E-state index in [2.05, 4.69) is 89.1 Å². The molecule has 0 unspecified atom stereocenters. The first-order valence-electron chi connectivity index (χ1n) is 26.5. The molecule has 16 nitrogen and oxygen atoms in total. The van der Waals surface area contributed by atoms with Crippen LogP contribution in [-0.4, -0.2) is 145 Å². The van der Waals surface area contributed by atoms with Crippen LogP contribution in [0, 0.1) is 0 Å².